The van der Waals surface area contributed by atoms with Crippen LogP contribution >= 0.6 is 0 Å². The summed E-state index contributed by atoms with van der Waals surface area (Å²) < 4.78 is 0. The third-order valence-corrected chi connectivity index (χ3v) is 15.8. The minimum Gasteiger partial charge on any atom is -0.310 e. The summed E-state index contributed by atoms with van der Waals surface area (Å²) in [6.45, 7) is 4.80. The van der Waals surface area contributed by atoms with Gasteiger partial charge in [-0.1, -0.05) is 135 Å². The second-order valence-corrected chi connectivity index (χ2v) is 19.1. The van der Waals surface area contributed by atoms with Gasteiger partial charge in [0.05, 0.1) is 5.41 Å². The predicted octanol–water partition coefficient (Wildman–Crippen LogP) is 14.3. The summed E-state index contributed by atoms with van der Waals surface area (Å²) in [7, 11) is 0. The minimum absolute atomic E-state index is 0.0864. The van der Waals surface area contributed by atoms with Crippen LogP contribution in [-0.2, 0) is 16.2 Å². The summed E-state index contributed by atoms with van der Waals surface area (Å²) in [5.74, 6) is 2.79. The molecule has 14 rings (SSSR count). The first-order valence-electron chi connectivity index (χ1n) is 21.5. The molecule has 1 nitrogen and oxygen atoms in total. The van der Waals surface area contributed by atoms with Crippen molar-refractivity contribution in [1.82, 2.24) is 0 Å². The molecule has 1 heteroatoms. The quantitative estimate of drug-likeness (QED) is 0.174. The summed E-state index contributed by atoms with van der Waals surface area (Å²) in [4.78, 5) is 2.56. The van der Waals surface area contributed by atoms with Crippen molar-refractivity contribution in [2.45, 2.75) is 68.6 Å². The zero-order chi connectivity index (χ0) is 37.7. The molecule has 0 atom stereocenters. The molecule has 7 aromatic carbocycles. The molecule has 7 aliphatic rings. The van der Waals surface area contributed by atoms with E-state index in [2.05, 4.69) is 176 Å². The third-order valence-electron chi connectivity index (χ3n) is 15.8. The van der Waals surface area contributed by atoms with E-state index in [0.717, 1.165) is 17.8 Å². The largest absolute Gasteiger partial charge is 0.310 e. The highest BCUT2D eigenvalue weighted by Crippen LogP contribution is 2.64. The van der Waals surface area contributed by atoms with Gasteiger partial charge in [0.15, 0.2) is 0 Å². The maximum Gasteiger partial charge on any atom is 0.0726 e. The molecule has 7 aromatic rings. The molecule has 4 saturated carbocycles. The van der Waals surface area contributed by atoms with E-state index >= 15 is 0 Å². The summed E-state index contributed by atoms with van der Waals surface area (Å²) in [5, 5.41) is 0. The number of benzene rings is 7. The van der Waals surface area contributed by atoms with Crippen LogP contribution in [0.5, 0.6) is 0 Å². The Hall–Kier alpha value is -5.66. The Morgan fingerprint density at radius 1 is 0.386 bits per heavy atom. The van der Waals surface area contributed by atoms with Crippen molar-refractivity contribution in [2.24, 2.45) is 17.8 Å². The van der Waals surface area contributed by atoms with E-state index in [1.54, 1.807) is 5.56 Å². The topological polar surface area (TPSA) is 3.24 Å². The first-order chi connectivity index (χ1) is 27.9. The fourth-order valence-electron chi connectivity index (χ4n) is 13.9. The van der Waals surface area contributed by atoms with Gasteiger partial charge < -0.3 is 4.90 Å². The molecule has 7 aliphatic carbocycles. The van der Waals surface area contributed by atoms with Crippen LogP contribution in [0.2, 0.25) is 0 Å². The number of hydrogen-bond acceptors (Lipinski definition) is 1. The molecule has 0 amide bonds. The Morgan fingerprint density at radius 2 is 0.772 bits per heavy atom. The van der Waals surface area contributed by atoms with Crippen LogP contribution in [0, 0.1) is 17.8 Å². The molecule has 1 spiro atoms. The number of nitrogens with zero attached hydrogens (tertiary/aromatic N) is 1. The Bertz CT molecular complexity index is 2720. The van der Waals surface area contributed by atoms with Crippen molar-refractivity contribution in [3.05, 3.63) is 197 Å². The maximum atomic E-state index is 2.56. The second kappa shape index (κ2) is 11.3. The highest BCUT2D eigenvalue weighted by atomic mass is 15.1. The summed E-state index contributed by atoms with van der Waals surface area (Å²) >= 11 is 0. The fraction of sp³-hybridized carbons (Fsp3) is 0.250. The van der Waals surface area contributed by atoms with Crippen LogP contribution in [0.25, 0.3) is 33.4 Å². The van der Waals surface area contributed by atoms with Crippen LogP contribution in [-0.4, -0.2) is 0 Å². The number of rotatable bonds is 4. The summed E-state index contributed by atoms with van der Waals surface area (Å²) in [6, 6.07) is 61.1. The third kappa shape index (κ3) is 4.20. The van der Waals surface area contributed by atoms with Crippen molar-refractivity contribution in [3.63, 3.8) is 0 Å². The van der Waals surface area contributed by atoms with Gasteiger partial charge in [-0.15, -0.1) is 0 Å². The van der Waals surface area contributed by atoms with Crippen LogP contribution in [0.15, 0.2) is 158 Å². The molecular formula is C56H47N. The Labute approximate surface area is 337 Å². The fourth-order valence-corrected chi connectivity index (χ4v) is 13.9. The molecule has 0 unspecified atom stereocenters. The molecule has 276 valence electrons. The molecule has 57 heavy (non-hydrogen) atoms. The van der Waals surface area contributed by atoms with E-state index in [4.69, 9.17) is 0 Å². The van der Waals surface area contributed by atoms with Gasteiger partial charge in [0, 0.05) is 22.5 Å². The zero-order valence-electron chi connectivity index (χ0n) is 32.9. The minimum atomic E-state index is -0.384. The van der Waals surface area contributed by atoms with Crippen molar-refractivity contribution < 1.29 is 0 Å². The molecule has 0 radical (unpaired) electrons. The van der Waals surface area contributed by atoms with Crippen molar-refractivity contribution in [1.29, 1.82) is 0 Å². The Kier molecular flexibility index (Phi) is 6.40. The van der Waals surface area contributed by atoms with E-state index in [1.807, 2.05) is 0 Å². The normalized spacial score (nSPS) is 24.1. The molecule has 4 fully saturated rings. The van der Waals surface area contributed by atoms with Gasteiger partial charge in [0.2, 0.25) is 0 Å². The number of fused-ring (bicyclic) bond motifs is 13. The van der Waals surface area contributed by atoms with Gasteiger partial charge in [0.25, 0.3) is 0 Å². The van der Waals surface area contributed by atoms with E-state index < -0.39 is 0 Å². The van der Waals surface area contributed by atoms with Gasteiger partial charge in [0.1, 0.15) is 0 Å². The first-order valence-corrected chi connectivity index (χ1v) is 21.5. The molecule has 0 aliphatic heterocycles. The highest BCUT2D eigenvalue weighted by Gasteiger charge is 2.53. The van der Waals surface area contributed by atoms with Crippen LogP contribution in [0.4, 0.5) is 17.1 Å². The lowest BCUT2D eigenvalue weighted by atomic mass is 9.48. The number of hydrogen-bond donors (Lipinski definition) is 0. The van der Waals surface area contributed by atoms with Gasteiger partial charge in [-0.05, 0) is 170 Å². The average molecular weight is 734 g/mol. The monoisotopic (exact) mass is 733 g/mol. The Balaban J connectivity index is 1.02. The SMILES string of the molecule is CC1(C)c2ccccc2-c2ccc(N(c3ccc(C45CC6CC(CC(C6)C4)C5)cc3)c3ccc4c(c3)C3(c5ccccc5-c5ccccc53)c3ccccc3-4)cc21. The average Bonchev–Trinajstić information content (AvgIpc) is 3.79. The molecule has 0 N–H and O–H groups in total. The summed E-state index contributed by atoms with van der Waals surface area (Å²) in [6.07, 6.45) is 8.59. The van der Waals surface area contributed by atoms with E-state index in [1.165, 1.54) is 122 Å². The van der Waals surface area contributed by atoms with Crippen molar-refractivity contribution in [3.8, 4) is 33.4 Å². The van der Waals surface area contributed by atoms with Crippen molar-refractivity contribution >= 4 is 17.1 Å². The van der Waals surface area contributed by atoms with Crippen molar-refractivity contribution in [2.75, 3.05) is 4.90 Å². The smallest absolute Gasteiger partial charge is 0.0726 e. The Morgan fingerprint density at radius 3 is 1.28 bits per heavy atom. The van der Waals surface area contributed by atoms with E-state index in [-0.39, 0.29) is 10.8 Å². The van der Waals surface area contributed by atoms with E-state index in [0.29, 0.717) is 5.41 Å². The lowest BCUT2D eigenvalue weighted by Crippen LogP contribution is -2.48. The van der Waals surface area contributed by atoms with Gasteiger partial charge in [-0.2, -0.15) is 0 Å². The molecule has 0 heterocycles. The lowest BCUT2D eigenvalue weighted by Gasteiger charge is -2.57. The molecular weight excluding hydrogens is 687 g/mol. The maximum absolute atomic E-state index is 2.56. The van der Waals surface area contributed by atoms with Gasteiger partial charge in [-0.25, -0.2) is 0 Å². The zero-order valence-corrected chi connectivity index (χ0v) is 32.9. The lowest BCUT2D eigenvalue weighted by molar-refractivity contribution is -0.00518. The van der Waals surface area contributed by atoms with Crippen LogP contribution < -0.4 is 4.90 Å². The molecule has 0 saturated heterocycles. The molecule has 0 aromatic heterocycles. The standard InChI is InChI=1S/C56H47N/c1-54(2)48-15-7-3-11-42(48)46-25-23-40(30-52(46)54)57(39-21-19-38(20-22-39)55-32-35-27-36(33-55)29-37(28-35)34-55)41-24-26-47-45-14-6-10-18-51(45)56(53(47)31-41)49-16-8-4-12-43(49)44-13-5-9-17-50(44)56/h3-26,30-31,35-37H,27-29,32-34H2,1-2H3. The van der Waals surface area contributed by atoms with E-state index in [9.17, 15) is 0 Å². The van der Waals surface area contributed by atoms with Crippen LogP contribution in [0.1, 0.15) is 91.3 Å². The van der Waals surface area contributed by atoms with Crippen LogP contribution in [0.3, 0.4) is 0 Å². The second-order valence-electron chi connectivity index (χ2n) is 19.1. The molecule has 4 bridgehead atoms. The van der Waals surface area contributed by atoms with Gasteiger partial charge in [-0.3, -0.25) is 0 Å². The predicted molar refractivity (Wildman–Crippen MR) is 235 cm³/mol. The number of anilines is 3. The van der Waals surface area contributed by atoms with Gasteiger partial charge >= 0.3 is 0 Å². The first kappa shape index (κ1) is 32.4. The highest BCUT2D eigenvalue weighted by molar-refractivity contribution is 5.96. The summed E-state index contributed by atoms with van der Waals surface area (Å²) in [5.41, 5.74) is 21.6.